The highest BCUT2D eigenvalue weighted by atomic mass is 16.5. The van der Waals surface area contributed by atoms with Gasteiger partial charge in [-0.2, -0.15) is 4.98 Å². The van der Waals surface area contributed by atoms with Crippen molar-refractivity contribution >= 4 is 5.82 Å². The van der Waals surface area contributed by atoms with Crippen LogP contribution in [0.25, 0.3) is 11.4 Å². The predicted octanol–water partition coefficient (Wildman–Crippen LogP) is 2.51. The molecular weight excluding hydrogens is 340 g/mol. The lowest BCUT2D eigenvalue weighted by Crippen LogP contribution is -2.45. The van der Waals surface area contributed by atoms with Crippen LogP contribution in [0.3, 0.4) is 0 Å². The summed E-state index contributed by atoms with van der Waals surface area (Å²) in [6.45, 7) is 12.9. The summed E-state index contributed by atoms with van der Waals surface area (Å²) >= 11 is 0. The van der Waals surface area contributed by atoms with Gasteiger partial charge in [0.2, 0.25) is 11.7 Å². The fourth-order valence-corrected chi connectivity index (χ4v) is 3.99. The highest BCUT2D eigenvalue weighted by Gasteiger charge is 2.20. The van der Waals surface area contributed by atoms with Gasteiger partial charge in [-0.1, -0.05) is 19.0 Å². The minimum Gasteiger partial charge on any atom is -0.356 e. The lowest BCUT2D eigenvalue weighted by Gasteiger charge is -2.33. The Morgan fingerprint density at radius 1 is 1.11 bits per heavy atom. The molecule has 27 heavy (non-hydrogen) atoms. The molecule has 0 N–H and O–H groups in total. The summed E-state index contributed by atoms with van der Waals surface area (Å²) in [4.78, 5) is 16.4. The van der Waals surface area contributed by atoms with E-state index in [2.05, 4.69) is 55.8 Å². The molecule has 0 bridgehead atoms. The Labute approximate surface area is 161 Å². The first-order valence-corrected chi connectivity index (χ1v) is 10.2. The van der Waals surface area contributed by atoms with E-state index in [9.17, 15) is 0 Å². The Balaban J connectivity index is 1.37. The molecule has 2 saturated heterocycles. The normalized spacial score (nSPS) is 22.3. The van der Waals surface area contributed by atoms with E-state index in [1.807, 2.05) is 6.20 Å². The number of aromatic nitrogens is 3. The zero-order valence-electron chi connectivity index (χ0n) is 16.5. The molecule has 2 aromatic rings. The molecule has 2 fully saturated rings. The van der Waals surface area contributed by atoms with Crippen LogP contribution in [-0.4, -0.2) is 70.7 Å². The van der Waals surface area contributed by atoms with Crippen LogP contribution in [0.15, 0.2) is 22.9 Å². The van der Waals surface area contributed by atoms with Gasteiger partial charge in [0.1, 0.15) is 5.82 Å². The molecule has 146 valence electrons. The Bertz CT molecular complexity index is 722. The number of likely N-dealkylation sites (N-methyl/N-ethyl adjacent to an activating group) is 1. The van der Waals surface area contributed by atoms with Crippen LogP contribution in [0.4, 0.5) is 5.82 Å². The molecule has 0 radical (unpaired) electrons. The maximum Gasteiger partial charge on any atom is 0.241 e. The summed E-state index contributed by atoms with van der Waals surface area (Å²) < 4.78 is 5.48. The van der Waals surface area contributed by atoms with Gasteiger partial charge in [0, 0.05) is 51.0 Å². The molecule has 0 saturated carbocycles. The molecule has 7 nitrogen and oxygen atoms in total. The van der Waals surface area contributed by atoms with Gasteiger partial charge in [-0.15, -0.1) is 0 Å². The van der Waals surface area contributed by atoms with Crippen LogP contribution < -0.4 is 4.90 Å². The quantitative estimate of drug-likeness (QED) is 0.801. The van der Waals surface area contributed by atoms with Crippen molar-refractivity contribution in [2.24, 2.45) is 5.92 Å². The van der Waals surface area contributed by atoms with E-state index in [4.69, 9.17) is 4.52 Å². The third-order valence-electron chi connectivity index (χ3n) is 5.73. The molecule has 0 amide bonds. The summed E-state index contributed by atoms with van der Waals surface area (Å²) in [6.07, 6.45) is 4.42. The van der Waals surface area contributed by atoms with Crippen LogP contribution in [-0.2, 0) is 6.54 Å². The van der Waals surface area contributed by atoms with Gasteiger partial charge in [-0.3, -0.25) is 4.90 Å². The number of hydrogen-bond acceptors (Lipinski definition) is 7. The fourth-order valence-electron chi connectivity index (χ4n) is 3.99. The van der Waals surface area contributed by atoms with Gasteiger partial charge in [-0.05, 0) is 37.4 Å². The average Bonchev–Trinajstić information content (AvgIpc) is 3.17. The van der Waals surface area contributed by atoms with Crippen LogP contribution in [0.1, 0.15) is 32.6 Å². The third-order valence-corrected chi connectivity index (χ3v) is 5.73. The zero-order valence-corrected chi connectivity index (χ0v) is 16.5. The second kappa shape index (κ2) is 8.35. The number of rotatable bonds is 5. The summed E-state index contributed by atoms with van der Waals surface area (Å²) in [6, 6.07) is 4.13. The number of pyridine rings is 1. The highest BCUT2D eigenvalue weighted by Crippen LogP contribution is 2.23. The minimum absolute atomic E-state index is 0.628. The molecule has 7 heteroatoms. The molecule has 1 unspecified atom stereocenters. The zero-order chi connectivity index (χ0) is 18.6. The topological polar surface area (TPSA) is 61.5 Å². The number of hydrogen-bond donors (Lipinski definition) is 0. The van der Waals surface area contributed by atoms with Crippen molar-refractivity contribution in [3.05, 3.63) is 24.2 Å². The summed E-state index contributed by atoms with van der Waals surface area (Å²) in [5.41, 5.74) is 0.912. The summed E-state index contributed by atoms with van der Waals surface area (Å²) in [5, 5.41) is 4.16. The van der Waals surface area contributed by atoms with Gasteiger partial charge in [0.25, 0.3) is 0 Å². The second-order valence-corrected chi connectivity index (χ2v) is 7.82. The summed E-state index contributed by atoms with van der Waals surface area (Å²) in [7, 11) is 0. The van der Waals surface area contributed by atoms with Gasteiger partial charge < -0.3 is 14.3 Å². The molecule has 0 aromatic carbocycles. The average molecular weight is 371 g/mol. The van der Waals surface area contributed by atoms with Gasteiger partial charge in [0.05, 0.1) is 6.54 Å². The maximum atomic E-state index is 5.48. The Hall–Kier alpha value is -1.99. The number of anilines is 1. The van der Waals surface area contributed by atoms with Gasteiger partial charge >= 0.3 is 0 Å². The SMILES string of the molecule is CCN1CCN(Cc2nc(-c3ccc(N4CCCC(C)C4)nc3)no2)CC1. The first-order valence-electron chi connectivity index (χ1n) is 10.2. The Morgan fingerprint density at radius 3 is 2.63 bits per heavy atom. The monoisotopic (exact) mass is 370 g/mol. The molecule has 4 heterocycles. The number of piperazine rings is 1. The van der Waals surface area contributed by atoms with E-state index in [0.29, 0.717) is 11.7 Å². The molecule has 2 aromatic heterocycles. The van der Waals surface area contributed by atoms with E-state index in [0.717, 1.165) is 69.7 Å². The molecule has 2 aliphatic rings. The van der Waals surface area contributed by atoms with Crippen molar-refractivity contribution < 1.29 is 4.52 Å². The highest BCUT2D eigenvalue weighted by molar-refractivity contribution is 5.55. The largest absolute Gasteiger partial charge is 0.356 e. The summed E-state index contributed by atoms with van der Waals surface area (Å²) in [5.74, 6) is 3.09. The molecule has 0 spiro atoms. The van der Waals surface area contributed by atoms with E-state index in [1.54, 1.807) is 0 Å². The number of piperidine rings is 1. The van der Waals surface area contributed by atoms with E-state index in [1.165, 1.54) is 12.8 Å². The maximum absolute atomic E-state index is 5.48. The van der Waals surface area contributed by atoms with Gasteiger partial charge in [0.15, 0.2) is 0 Å². The van der Waals surface area contributed by atoms with Crippen molar-refractivity contribution in [2.75, 3.05) is 50.7 Å². The minimum atomic E-state index is 0.628. The number of nitrogens with zero attached hydrogens (tertiary/aromatic N) is 6. The second-order valence-electron chi connectivity index (χ2n) is 7.82. The van der Waals surface area contributed by atoms with Crippen LogP contribution in [0.2, 0.25) is 0 Å². The van der Waals surface area contributed by atoms with E-state index in [-0.39, 0.29) is 0 Å². The standard InChI is InChI=1S/C20H30N6O/c1-3-24-9-11-25(12-10-24)15-19-22-20(23-27-19)17-6-7-18(21-13-17)26-8-4-5-16(2)14-26/h6-7,13,16H,3-5,8-12,14-15H2,1-2H3. The van der Waals surface area contributed by atoms with Crippen molar-refractivity contribution in [1.29, 1.82) is 0 Å². The van der Waals surface area contributed by atoms with Crippen molar-refractivity contribution in [3.8, 4) is 11.4 Å². The van der Waals surface area contributed by atoms with Crippen LogP contribution in [0.5, 0.6) is 0 Å². The van der Waals surface area contributed by atoms with Gasteiger partial charge in [-0.25, -0.2) is 4.98 Å². The van der Waals surface area contributed by atoms with Crippen molar-refractivity contribution in [1.82, 2.24) is 24.9 Å². The predicted molar refractivity (Wildman–Crippen MR) is 106 cm³/mol. The van der Waals surface area contributed by atoms with E-state index < -0.39 is 0 Å². The Kier molecular flexibility index (Phi) is 5.69. The van der Waals surface area contributed by atoms with Crippen molar-refractivity contribution in [3.63, 3.8) is 0 Å². The first-order chi connectivity index (χ1) is 13.2. The lowest BCUT2D eigenvalue weighted by molar-refractivity contribution is 0.121. The first kappa shape index (κ1) is 18.4. The molecule has 0 aliphatic carbocycles. The molecule has 4 rings (SSSR count). The third kappa shape index (κ3) is 4.47. The van der Waals surface area contributed by atoms with E-state index >= 15 is 0 Å². The molecule has 2 aliphatic heterocycles. The van der Waals surface area contributed by atoms with Crippen molar-refractivity contribution in [2.45, 2.75) is 33.2 Å². The smallest absolute Gasteiger partial charge is 0.241 e. The molecular formula is C20H30N6O. The van der Waals surface area contributed by atoms with Crippen LogP contribution in [0, 0.1) is 5.92 Å². The molecule has 1 atom stereocenters. The fraction of sp³-hybridized carbons (Fsp3) is 0.650. The Morgan fingerprint density at radius 2 is 1.93 bits per heavy atom. The lowest BCUT2D eigenvalue weighted by atomic mass is 10.0. The van der Waals surface area contributed by atoms with Crippen LogP contribution >= 0.6 is 0 Å².